The number of hydrogen-bond donors (Lipinski definition) is 1. The highest BCUT2D eigenvalue weighted by atomic mass is 32.2. The number of carbonyl (C=O) groups is 1. The molecule has 0 bridgehead atoms. The van der Waals surface area contributed by atoms with E-state index in [0.29, 0.717) is 13.2 Å². The van der Waals surface area contributed by atoms with Gasteiger partial charge in [0.15, 0.2) is 9.84 Å². The molecule has 0 saturated carbocycles. The second-order valence-electron chi connectivity index (χ2n) is 6.87. The van der Waals surface area contributed by atoms with Crippen molar-refractivity contribution in [3.8, 4) is 5.75 Å². The molecule has 7 heteroatoms. The first-order valence-electron chi connectivity index (χ1n) is 8.89. The Bertz CT molecular complexity index is 747. The van der Waals surface area contributed by atoms with Gasteiger partial charge in [-0.15, -0.1) is 0 Å². The number of benzene rings is 1. The summed E-state index contributed by atoms with van der Waals surface area (Å²) < 4.78 is 29.5. The summed E-state index contributed by atoms with van der Waals surface area (Å²) in [6.45, 7) is 4.46. The predicted molar refractivity (Wildman–Crippen MR) is 96.8 cm³/mol. The van der Waals surface area contributed by atoms with Crippen LogP contribution in [0.2, 0.25) is 0 Å². The third kappa shape index (κ3) is 3.92. The molecular formula is C18H26N2O4S. The molecule has 2 amide bonds. The average Bonchev–Trinajstić information content (AvgIpc) is 3.04. The van der Waals surface area contributed by atoms with Crippen LogP contribution in [-0.2, 0) is 22.7 Å². The molecule has 1 aromatic carbocycles. The van der Waals surface area contributed by atoms with Crippen LogP contribution in [0, 0.1) is 0 Å². The number of ether oxygens (including phenoxy) is 1. The molecule has 1 aliphatic heterocycles. The zero-order chi connectivity index (χ0) is 18.0. The smallest absolute Gasteiger partial charge is 0.317 e. The van der Waals surface area contributed by atoms with Crippen LogP contribution in [0.5, 0.6) is 5.75 Å². The van der Waals surface area contributed by atoms with Crippen LogP contribution in [0.1, 0.15) is 31.4 Å². The zero-order valence-electron chi connectivity index (χ0n) is 14.8. The van der Waals surface area contributed by atoms with Gasteiger partial charge in [-0.2, -0.15) is 0 Å². The van der Waals surface area contributed by atoms with Crippen molar-refractivity contribution in [1.29, 1.82) is 0 Å². The number of sulfone groups is 1. The molecule has 25 heavy (non-hydrogen) atoms. The number of aryl methyl sites for hydroxylation is 2. The van der Waals surface area contributed by atoms with Crippen LogP contribution in [0.15, 0.2) is 18.2 Å². The Morgan fingerprint density at radius 2 is 2.04 bits per heavy atom. The first-order chi connectivity index (χ1) is 11.9. The number of hydrogen-bond acceptors (Lipinski definition) is 4. The molecule has 1 aromatic rings. The molecule has 3 rings (SSSR count). The highest BCUT2D eigenvalue weighted by Gasteiger charge is 2.37. The fraction of sp³-hybridized carbons (Fsp3) is 0.611. The van der Waals surface area contributed by atoms with E-state index in [0.717, 1.165) is 18.6 Å². The van der Waals surface area contributed by atoms with Crippen LogP contribution in [0.4, 0.5) is 4.79 Å². The van der Waals surface area contributed by atoms with Crippen LogP contribution in [0.25, 0.3) is 0 Å². The molecule has 1 fully saturated rings. The minimum absolute atomic E-state index is 0.0253. The standard InChI is InChI=1S/C18H26N2O4S/c1-13-14(2)25(22,23)11-9-20(13)18(21)19-8-10-24-17-7-6-15-4-3-5-16(15)12-17/h6-7,12-14H,3-5,8-11H2,1-2H3,(H,19,21)/t13-,14+/m1/s1. The fourth-order valence-electron chi connectivity index (χ4n) is 3.52. The molecule has 0 radical (unpaired) electrons. The summed E-state index contributed by atoms with van der Waals surface area (Å²) in [6.07, 6.45) is 3.46. The summed E-state index contributed by atoms with van der Waals surface area (Å²) in [5.74, 6) is 0.860. The largest absolute Gasteiger partial charge is 0.492 e. The maximum absolute atomic E-state index is 12.3. The minimum Gasteiger partial charge on any atom is -0.492 e. The van der Waals surface area contributed by atoms with Gasteiger partial charge in [-0.1, -0.05) is 6.07 Å². The lowest BCUT2D eigenvalue weighted by Crippen LogP contribution is -2.57. The number of fused-ring (bicyclic) bond motifs is 1. The fourth-order valence-corrected chi connectivity index (χ4v) is 5.09. The van der Waals surface area contributed by atoms with Crippen molar-refractivity contribution >= 4 is 15.9 Å². The monoisotopic (exact) mass is 366 g/mol. The summed E-state index contributed by atoms with van der Waals surface area (Å²) in [6, 6.07) is 5.63. The third-order valence-electron chi connectivity index (χ3n) is 5.33. The van der Waals surface area contributed by atoms with Crippen LogP contribution >= 0.6 is 0 Å². The molecule has 138 valence electrons. The van der Waals surface area contributed by atoms with Gasteiger partial charge in [0.1, 0.15) is 12.4 Å². The number of nitrogens with zero attached hydrogens (tertiary/aromatic N) is 1. The Morgan fingerprint density at radius 1 is 1.28 bits per heavy atom. The molecular weight excluding hydrogens is 340 g/mol. The summed E-state index contributed by atoms with van der Waals surface area (Å²) in [5, 5.41) is 2.29. The van der Waals surface area contributed by atoms with Gasteiger partial charge in [-0.25, -0.2) is 13.2 Å². The Morgan fingerprint density at radius 3 is 2.84 bits per heavy atom. The Kier molecular flexibility index (Phi) is 5.22. The molecule has 0 spiro atoms. The van der Waals surface area contributed by atoms with Crippen molar-refractivity contribution < 1.29 is 17.9 Å². The van der Waals surface area contributed by atoms with E-state index in [1.54, 1.807) is 18.7 Å². The maximum atomic E-state index is 12.3. The molecule has 0 aromatic heterocycles. The van der Waals surface area contributed by atoms with Crippen molar-refractivity contribution in [3.05, 3.63) is 29.3 Å². The summed E-state index contributed by atoms with van der Waals surface area (Å²) in [5.41, 5.74) is 2.77. The van der Waals surface area contributed by atoms with E-state index >= 15 is 0 Å². The summed E-state index contributed by atoms with van der Waals surface area (Å²) in [4.78, 5) is 13.9. The summed E-state index contributed by atoms with van der Waals surface area (Å²) in [7, 11) is -3.09. The minimum atomic E-state index is -3.09. The zero-order valence-corrected chi connectivity index (χ0v) is 15.6. The molecule has 2 atom stereocenters. The van der Waals surface area contributed by atoms with E-state index in [-0.39, 0.29) is 24.4 Å². The first-order valence-corrected chi connectivity index (χ1v) is 10.6. The van der Waals surface area contributed by atoms with Crippen LogP contribution in [0.3, 0.4) is 0 Å². The van der Waals surface area contributed by atoms with Gasteiger partial charge >= 0.3 is 6.03 Å². The topological polar surface area (TPSA) is 75.7 Å². The average molecular weight is 366 g/mol. The number of amides is 2. The van der Waals surface area contributed by atoms with Crippen molar-refractivity contribution in [2.45, 2.75) is 44.4 Å². The molecule has 1 aliphatic carbocycles. The van der Waals surface area contributed by atoms with Crippen molar-refractivity contribution in [1.82, 2.24) is 10.2 Å². The number of nitrogens with one attached hydrogen (secondary N) is 1. The Hall–Kier alpha value is -1.76. The van der Waals surface area contributed by atoms with E-state index in [9.17, 15) is 13.2 Å². The number of urea groups is 1. The summed E-state index contributed by atoms with van der Waals surface area (Å²) >= 11 is 0. The van der Waals surface area contributed by atoms with Gasteiger partial charge in [0.25, 0.3) is 0 Å². The van der Waals surface area contributed by atoms with Crippen LogP contribution in [-0.4, -0.2) is 56.1 Å². The van der Waals surface area contributed by atoms with E-state index in [1.807, 2.05) is 6.07 Å². The van der Waals surface area contributed by atoms with E-state index < -0.39 is 15.1 Å². The Labute approximate surface area is 149 Å². The highest BCUT2D eigenvalue weighted by molar-refractivity contribution is 7.92. The van der Waals surface area contributed by atoms with Gasteiger partial charge in [-0.3, -0.25) is 0 Å². The molecule has 0 unspecified atom stereocenters. The Balaban J connectivity index is 1.45. The van der Waals surface area contributed by atoms with Crippen LogP contribution < -0.4 is 10.1 Å². The normalized spacial score (nSPS) is 24.6. The third-order valence-corrected chi connectivity index (χ3v) is 7.61. The lowest BCUT2D eigenvalue weighted by atomic mass is 10.1. The number of rotatable bonds is 4. The molecule has 1 N–H and O–H groups in total. The quantitative estimate of drug-likeness (QED) is 0.824. The highest BCUT2D eigenvalue weighted by Crippen LogP contribution is 2.26. The second-order valence-corrected chi connectivity index (χ2v) is 9.35. The predicted octanol–water partition coefficient (Wildman–Crippen LogP) is 1.77. The second kappa shape index (κ2) is 7.23. The molecule has 1 saturated heterocycles. The lowest BCUT2D eigenvalue weighted by molar-refractivity contribution is 0.175. The van der Waals surface area contributed by atoms with Crippen molar-refractivity contribution in [2.75, 3.05) is 25.4 Å². The van der Waals surface area contributed by atoms with E-state index in [2.05, 4.69) is 17.4 Å². The van der Waals surface area contributed by atoms with Gasteiger partial charge in [-0.05, 0) is 56.4 Å². The molecule has 2 aliphatic rings. The first kappa shape index (κ1) is 18.0. The van der Waals surface area contributed by atoms with Gasteiger partial charge < -0.3 is 15.0 Å². The lowest BCUT2D eigenvalue weighted by Gasteiger charge is -2.37. The SMILES string of the molecule is C[C@@H]1[C@H](C)S(=O)(=O)CCN1C(=O)NCCOc1ccc2c(c1)CCC2. The van der Waals surface area contributed by atoms with Gasteiger partial charge in [0.2, 0.25) is 0 Å². The van der Waals surface area contributed by atoms with Gasteiger partial charge in [0, 0.05) is 12.6 Å². The molecule has 6 nitrogen and oxygen atoms in total. The van der Waals surface area contributed by atoms with E-state index in [4.69, 9.17) is 4.74 Å². The number of carbonyl (C=O) groups excluding carboxylic acids is 1. The maximum Gasteiger partial charge on any atom is 0.317 e. The van der Waals surface area contributed by atoms with Crippen molar-refractivity contribution in [3.63, 3.8) is 0 Å². The van der Waals surface area contributed by atoms with E-state index in [1.165, 1.54) is 17.5 Å². The van der Waals surface area contributed by atoms with Crippen molar-refractivity contribution in [2.24, 2.45) is 0 Å². The van der Waals surface area contributed by atoms with Gasteiger partial charge in [0.05, 0.1) is 17.5 Å². The molecule has 1 heterocycles.